The summed E-state index contributed by atoms with van der Waals surface area (Å²) in [6.45, 7) is 3.10. The predicted octanol–water partition coefficient (Wildman–Crippen LogP) is 4.07. The quantitative estimate of drug-likeness (QED) is 0.344. The van der Waals surface area contributed by atoms with Crippen LogP contribution in [0, 0.1) is 0 Å². The molecule has 1 N–H and O–H groups in total. The first-order chi connectivity index (χ1) is 18.3. The lowest BCUT2D eigenvalue weighted by Gasteiger charge is -2.27. The normalized spacial score (nSPS) is 13.7. The molecule has 3 aromatic heterocycles. The molecule has 2 aromatic carbocycles. The van der Waals surface area contributed by atoms with Gasteiger partial charge in [0.1, 0.15) is 17.0 Å². The maximum atomic E-state index is 5.25. The summed E-state index contributed by atoms with van der Waals surface area (Å²) in [5, 5.41) is 12.3. The monoisotopic (exact) mass is 495 g/mol. The number of imidazole rings is 1. The van der Waals surface area contributed by atoms with Crippen molar-refractivity contribution >= 4 is 22.9 Å². The number of nitrogens with zero attached hydrogens (tertiary/aromatic N) is 8. The number of nitrogens with one attached hydrogen (secondary N) is 1. The molecule has 0 atom stereocenters. The van der Waals surface area contributed by atoms with Gasteiger partial charge in [-0.1, -0.05) is 35.5 Å². The van der Waals surface area contributed by atoms with Crippen molar-refractivity contribution in [3.63, 3.8) is 0 Å². The predicted molar refractivity (Wildman–Crippen MR) is 142 cm³/mol. The molecule has 10 nitrogen and oxygen atoms in total. The van der Waals surface area contributed by atoms with Gasteiger partial charge in [-0.2, -0.15) is 9.97 Å². The molecule has 188 valence electrons. The topological polar surface area (TPSA) is 98.8 Å². The zero-order chi connectivity index (χ0) is 25.0. The van der Waals surface area contributed by atoms with E-state index in [1.54, 1.807) is 18.1 Å². The number of aromatic nitrogens is 7. The Morgan fingerprint density at radius 1 is 0.946 bits per heavy atom. The number of benzene rings is 2. The van der Waals surface area contributed by atoms with E-state index in [0.29, 0.717) is 18.7 Å². The van der Waals surface area contributed by atoms with Crippen molar-refractivity contribution in [1.29, 1.82) is 0 Å². The van der Waals surface area contributed by atoms with E-state index in [1.165, 1.54) is 12.0 Å². The third-order valence-electron chi connectivity index (χ3n) is 6.61. The molecule has 6 rings (SSSR count). The van der Waals surface area contributed by atoms with Gasteiger partial charge in [0.25, 0.3) is 0 Å². The Kier molecular flexibility index (Phi) is 6.36. The highest BCUT2D eigenvalue weighted by Crippen LogP contribution is 2.26. The van der Waals surface area contributed by atoms with Crippen molar-refractivity contribution in [2.75, 3.05) is 30.4 Å². The molecule has 1 aliphatic heterocycles. The Morgan fingerprint density at radius 3 is 2.54 bits per heavy atom. The lowest BCUT2D eigenvalue weighted by molar-refractivity contribution is 0.414. The van der Waals surface area contributed by atoms with E-state index >= 15 is 0 Å². The second-order valence-corrected chi connectivity index (χ2v) is 9.16. The van der Waals surface area contributed by atoms with Crippen LogP contribution in [0.25, 0.3) is 16.9 Å². The number of ether oxygens (including phenoxy) is 1. The number of hydrogen-bond donors (Lipinski definition) is 1. The lowest BCUT2D eigenvalue weighted by Crippen LogP contribution is -2.31. The molecule has 0 aliphatic carbocycles. The first kappa shape index (κ1) is 23.0. The highest BCUT2D eigenvalue weighted by atomic mass is 16.5. The van der Waals surface area contributed by atoms with Crippen LogP contribution in [0.3, 0.4) is 0 Å². The molecule has 0 spiro atoms. The summed E-state index contributed by atoms with van der Waals surface area (Å²) in [5.41, 5.74) is 4.44. The van der Waals surface area contributed by atoms with Gasteiger partial charge in [0.2, 0.25) is 5.95 Å². The molecule has 0 amide bonds. The van der Waals surface area contributed by atoms with E-state index in [9.17, 15) is 0 Å². The van der Waals surface area contributed by atoms with Crippen molar-refractivity contribution in [3.05, 3.63) is 78.4 Å². The molecule has 0 saturated carbocycles. The van der Waals surface area contributed by atoms with Crippen molar-refractivity contribution < 1.29 is 4.74 Å². The van der Waals surface area contributed by atoms with Crippen LogP contribution < -0.4 is 15.0 Å². The zero-order valence-electron chi connectivity index (χ0n) is 20.8. The number of methoxy groups -OCH3 is 1. The van der Waals surface area contributed by atoms with Crippen molar-refractivity contribution in [1.82, 2.24) is 34.5 Å². The molecule has 1 aliphatic rings. The summed E-state index contributed by atoms with van der Waals surface area (Å²) in [5.74, 6) is 2.31. The third kappa shape index (κ3) is 4.95. The molecule has 0 radical (unpaired) electrons. The average molecular weight is 496 g/mol. The number of piperidine rings is 1. The molecule has 1 fully saturated rings. The van der Waals surface area contributed by atoms with Gasteiger partial charge < -0.3 is 19.5 Å². The van der Waals surface area contributed by atoms with E-state index in [-0.39, 0.29) is 0 Å². The molecular formula is C27H29N9O. The van der Waals surface area contributed by atoms with E-state index in [2.05, 4.69) is 37.6 Å². The second-order valence-electron chi connectivity index (χ2n) is 9.16. The minimum Gasteiger partial charge on any atom is -0.497 e. The molecule has 0 bridgehead atoms. The van der Waals surface area contributed by atoms with Crippen LogP contribution in [0.15, 0.2) is 67.1 Å². The van der Waals surface area contributed by atoms with Gasteiger partial charge in [0, 0.05) is 19.6 Å². The van der Waals surface area contributed by atoms with Gasteiger partial charge >= 0.3 is 0 Å². The van der Waals surface area contributed by atoms with E-state index in [0.717, 1.165) is 60.3 Å². The SMILES string of the molecule is COc1ccc(-n2cc(Cn3cnc4nc(N5CCCCC5)nc(NCc5ccccc5)c43)nn2)cc1. The molecule has 10 heteroatoms. The molecule has 4 heterocycles. The molecule has 0 unspecified atom stereocenters. The second kappa shape index (κ2) is 10.3. The van der Waals surface area contributed by atoms with Crippen LogP contribution in [-0.4, -0.2) is 54.7 Å². The minimum absolute atomic E-state index is 0.499. The first-order valence-corrected chi connectivity index (χ1v) is 12.6. The highest BCUT2D eigenvalue weighted by Gasteiger charge is 2.20. The van der Waals surface area contributed by atoms with E-state index in [4.69, 9.17) is 14.7 Å². The fourth-order valence-electron chi connectivity index (χ4n) is 4.63. The lowest BCUT2D eigenvalue weighted by atomic mass is 10.1. The third-order valence-corrected chi connectivity index (χ3v) is 6.61. The highest BCUT2D eigenvalue weighted by molar-refractivity contribution is 5.84. The number of rotatable bonds is 8. The van der Waals surface area contributed by atoms with Crippen molar-refractivity contribution in [2.24, 2.45) is 0 Å². The summed E-state index contributed by atoms with van der Waals surface area (Å²) >= 11 is 0. The van der Waals surface area contributed by atoms with E-state index in [1.807, 2.05) is 53.2 Å². The average Bonchev–Trinajstić information content (AvgIpc) is 3.60. The summed E-state index contributed by atoms with van der Waals surface area (Å²) < 4.78 is 9.04. The number of anilines is 2. The van der Waals surface area contributed by atoms with Crippen molar-refractivity contribution in [2.45, 2.75) is 32.4 Å². The maximum Gasteiger partial charge on any atom is 0.229 e. The van der Waals surface area contributed by atoms with Gasteiger partial charge in [0.15, 0.2) is 11.5 Å². The number of hydrogen-bond acceptors (Lipinski definition) is 8. The molecule has 1 saturated heterocycles. The first-order valence-electron chi connectivity index (χ1n) is 12.6. The van der Waals surface area contributed by atoms with Gasteiger partial charge in [-0.3, -0.25) is 0 Å². The Morgan fingerprint density at radius 2 is 1.76 bits per heavy atom. The fourth-order valence-corrected chi connectivity index (χ4v) is 4.63. The zero-order valence-corrected chi connectivity index (χ0v) is 20.8. The Balaban J connectivity index is 1.31. The van der Waals surface area contributed by atoms with Crippen LogP contribution in [-0.2, 0) is 13.1 Å². The summed E-state index contributed by atoms with van der Waals surface area (Å²) in [6, 6.07) is 18.0. The van der Waals surface area contributed by atoms with Crippen molar-refractivity contribution in [3.8, 4) is 11.4 Å². The Bertz CT molecular complexity index is 1470. The summed E-state index contributed by atoms with van der Waals surface area (Å²) in [4.78, 5) is 16.7. The van der Waals surface area contributed by atoms with Crippen LogP contribution in [0.2, 0.25) is 0 Å². The van der Waals surface area contributed by atoms with E-state index < -0.39 is 0 Å². The Hall–Kier alpha value is -4.47. The van der Waals surface area contributed by atoms with Gasteiger partial charge in [-0.25, -0.2) is 9.67 Å². The molecule has 5 aromatic rings. The van der Waals surface area contributed by atoms with Crippen LogP contribution in [0.5, 0.6) is 5.75 Å². The van der Waals surface area contributed by atoms with Crippen LogP contribution >= 0.6 is 0 Å². The Labute approximate surface area is 214 Å². The fraction of sp³-hybridized carbons (Fsp3) is 0.296. The molecular weight excluding hydrogens is 466 g/mol. The minimum atomic E-state index is 0.499. The van der Waals surface area contributed by atoms with Crippen LogP contribution in [0.1, 0.15) is 30.5 Å². The summed E-state index contributed by atoms with van der Waals surface area (Å²) in [6.07, 6.45) is 7.30. The van der Waals surface area contributed by atoms with Gasteiger partial charge in [0.05, 0.1) is 31.9 Å². The smallest absolute Gasteiger partial charge is 0.229 e. The van der Waals surface area contributed by atoms with Gasteiger partial charge in [-0.15, -0.1) is 5.10 Å². The van der Waals surface area contributed by atoms with Gasteiger partial charge in [-0.05, 0) is 49.1 Å². The maximum absolute atomic E-state index is 5.25. The van der Waals surface area contributed by atoms with Crippen LogP contribution in [0.4, 0.5) is 11.8 Å². The molecule has 37 heavy (non-hydrogen) atoms. The number of fused-ring (bicyclic) bond motifs is 1. The largest absolute Gasteiger partial charge is 0.497 e. The standard InChI is InChI=1S/C27H29N9O/c1-37-23-12-10-22(11-13-23)36-18-21(32-33-36)17-35-19-29-26-24(35)25(28-16-20-8-4-2-5-9-20)30-27(31-26)34-14-6-3-7-15-34/h2,4-5,8-13,18-19H,3,6-7,14-17H2,1H3,(H,28,30,31). The summed E-state index contributed by atoms with van der Waals surface area (Å²) in [7, 11) is 1.65.